The van der Waals surface area contributed by atoms with Gasteiger partial charge in [0.25, 0.3) is 0 Å². The average molecular weight is 349 g/mol. The molecule has 0 spiro atoms. The smallest absolute Gasteiger partial charge is 0.225 e. The summed E-state index contributed by atoms with van der Waals surface area (Å²) in [5.41, 5.74) is 0.448. The number of halogens is 1. The fraction of sp³-hybridized carbons (Fsp3) is 0.529. The van der Waals surface area contributed by atoms with E-state index in [9.17, 15) is 9.18 Å². The second kappa shape index (κ2) is 6.64. The van der Waals surface area contributed by atoms with Gasteiger partial charge in [-0.05, 0) is 25.0 Å². The van der Waals surface area contributed by atoms with Crippen molar-refractivity contribution in [1.82, 2.24) is 9.88 Å². The van der Waals surface area contributed by atoms with Crippen molar-refractivity contribution < 1.29 is 13.9 Å². The van der Waals surface area contributed by atoms with Crippen molar-refractivity contribution in [3.05, 3.63) is 24.0 Å². The van der Waals surface area contributed by atoms with Gasteiger partial charge in [0.15, 0.2) is 5.13 Å². The largest absolute Gasteiger partial charge is 0.378 e. The number of benzene rings is 1. The Balaban J connectivity index is 1.41. The van der Waals surface area contributed by atoms with Gasteiger partial charge >= 0.3 is 0 Å². The zero-order chi connectivity index (χ0) is 16.5. The molecule has 3 heterocycles. The first-order valence-electron chi connectivity index (χ1n) is 8.39. The van der Waals surface area contributed by atoms with Crippen molar-refractivity contribution in [2.75, 3.05) is 44.3 Å². The lowest BCUT2D eigenvalue weighted by molar-refractivity contribution is -0.140. The lowest BCUT2D eigenvalue weighted by Gasteiger charge is -2.35. The van der Waals surface area contributed by atoms with Crippen molar-refractivity contribution >= 4 is 32.6 Å². The Kier molecular flexibility index (Phi) is 4.37. The molecule has 4 rings (SSSR count). The molecule has 0 aliphatic carbocycles. The van der Waals surface area contributed by atoms with Gasteiger partial charge in [0, 0.05) is 32.1 Å². The van der Waals surface area contributed by atoms with E-state index < -0.39 is 0 Å². The third kappa shape index (κ3) is 2.98. The number of carbonyl (C=O) groups excluding carboxylic acids is 1. The molecule has 0 radical (unpaired) electrons. The van der Waals surface area contributed by atoms with E-state index in [0.29, 0.717) is 31.8 Å². The molecule has 0 atom stereocenters. The molecule has 1 amide bonds. The molecule has 2 fully saturated rings. The van der Waals surface area contributed by atoms with Crippen LogP contribution in [0.2, 0.25) is 0 Å². The van der Waals surface area contributed by atoms with Gasteiger partial charge in [0.2, 0.25) is 5.91 Å². The van der Waals surface area contributed by atoms with Gasteiger partial charge in [-0.15, -0.1) is 0 Å². The minimum Gasteiger partial charge on any atom is -0.378 e. The molecule has 24 heavy (non-hydrogen) atoms. The Labute approximate surface area is 144 Å². The van der Waals surface area contributed by atoms with Crippen LogP contribution in [0.25, 0.3) is 10.2 Å². The normalized spacial score (nSPS) is 19.9. The Morgan fingerprint density at radius 2 is 1.96 bits per heavy atom. The van der Waals surface area contributed by atoms with Crippen LogP contribution < -0.4 is 4.90 Å². The summed E-state index contributed by atoms with van der Waals surface area (Å²) >= 11 is 1.52. The standard InChI is InChI=1S/C17H20FN3O2S/c18-13-2-1-3-14-15(13)19-17(24-14)21-6-4-12(5-7-21)16(22)20-8-10-23-11-9-20/h1-3,12H,4-11H2. The summed E-state index contributed by atoms with van der Waals surface area (Å²) in [4.78, 5) is 21.1. The summed E-state index contributed by atoms with van der Waals surface area (Å²) in [6, 6.07) is 5.06. The van der Waals surface area contributed by atoms with E-state index in [4.69, 9.17) is 4.74 Å². The van der Waals surface area contributed by atoms with E-state index in [0.717, 1.165) is 35.8 Å². The molecule has 0 unspecified atom stereocenters. The molecule has 128 valence electrons. The molecule has 1 aromatic carbocycles. The summed E-state index contributed by atoms with van der Waals surface area (Å²) in [5, 5.41) is 0.854. The van der Waals surface area contributed by atoms with Crippen LogP contribution in [-0.4, -0.2) is 55.2 Å². The number of piperidine rings is 1. The number of amides is 1. The predicted molar refractivity (Wildman–Crippen MR) is 91.9 cm³/mol. The highest BCUT2D eigenvalue weighted by molar-refractivity contribution is 7.22. The second-order valence-electron chi connectivity index (χ2n) is 6.28. The van der Waals surface area contributed by atoms with Crippen LogP contribution in [0.15, 0.2) is 18.2 Å². The highest BCUT2D eigenvalue weighted by Gasteiger charge is 2.30. The van der Waals surface area contributed by atoms with Gasteiger partial charge in [-0.25, -0.2) is 9.37 Å². The molecule has 0 bridgehead atoms. The number of nitrogens with zero attached hydrogens (tertiary/aromatic N) is 3. The lowest BCUT2D eigenvalue weighted by Crippen LogP contribution is -2.46. The quantitative estimate of drug-likeness (QED) is 0.836. The predicted octanol–water partition coefficient (Wildman–Crippen LogP) is 2.51. The fourth-order valence-electron chi connectivity index (χ4n) is 3.40. The third-order valence-electron chi connectivity index (χ3n) is 4.80. The molecule has 1 aromatic heterocycles. The van der Waals surface area contributed by atoms with Crippen LogP contribution in [0.4, 0.5) is 9.52 Å². The Morgan fingerprint density at radius 1 is 1.21 bits per heavy atom. The van der Waals surface area contributed by atoms with E-state index in [-0.39, 0.29) is 17.6 Å². The average Bonchev–Trinajstić information content (AvgIpc) is 3.08. The van der Waals surface area contributed by atoms with Gasteiger partial charge < -0.3 is 14.5 Å². The zero-order valence-corrected chi connectivity index (χ0v) is 14.2. The van der Waals surface area contributed by atoms with Crippen LogP contribution in [0.1, 0.15) is 12.8 Å². The monoisotopic (exact) mass is 349 g/mol. The number of rotatable bonds is 2. The molecule has 2 saturated heterocycles. The highest BCUT2D eigenvalue weighted by atomic mass is 32.1. The third-order valence-corrected chi connectivity index (χ3v) is 5.88. The number of para-hydroxylation sites is 1. The zero-order valence-electron chi connectivity index (χ0n) is 13.4. The van der Waals surface area contributed by atoms with Gasteiger partial charge in [0.1, 0.15) is 11.3 Å². The number of carbonyl (C=O) groups is 1. The van der Waals surface area contributed by atoms with Gasteiger partial charge in [-0.2, -0.15) is 0 Å². The number of ether oxygens (including phenoxy) is 1. The summed E-state index contributed by atoms with van der Waals surface area (Å²) < 4.78 is 20.0. The molecule has 2 aromatic rings. The summed E-state index contributed by atoms with van der Waals surface area (Å²) in [6.07, 6.45) is 1.66. The number of aromatic nitrogens is 1. The number of fused-ring (bicyclic) bond motifs is 1. The lowest BCUT2D eigenvalue weighted by atomic mass is 9.95. The molecule has 7 heteroatoms. The molecule has 5 nitrogen and oxygen atoms in total. The first-order chi connectivity index (χ1) is 11.7. The number of thiazole rings is 1. The Morgan fingerprint density at radius 3 is 2.67 bits per heavy atom. The van der Waals surface area contributed by atoms with Crippen LogP contribution in [0.5, 0.6) is 0 Å². The number of morpholine rings is 1. The van der Waals surface area contributed by atoms with E-state index in [1.54, 1.807) is 6.07 Å². The van der Waals surface area contributed by atoms with Crippen LogP contribution >= 0.6 is 11.3 Å². The molecule has 2 aliphatic heterocycles. The van der Waals surface area contributed by atoms with Crippen LogP contribution in [-0.2, 0) is 9.53 Å². The van der Waals surface area contributed by atoms with E-state index in [1.165, 1.54) is 17.4 Å². The highest BCUT2D eigenvalue weighted by Crippen LogP contribution is 2.32. The number of anilines is 1. The second-order valence-corrected chi connectivity index (χ2v) is 7.29. The molecular formula is C17H20FN3O2S. The summed E-state index contributed by atoms with van der Waals surface area (Å²) in [7, 11) is 0. The van der Waals surface area contributed by atoms with Crippen LogP contribution in [0.3, 0.4) is 0 Å². The first kappa shape index (κ1) is 15.8. The van der Waals surface area contributed by atoms with Crippen molar-refractivity contribution in [2.45, 2.75) is 12.8 Å². The first-order valence-corrected chi connectivity index (χ1v) is 9.20. The maximum absolute atomic E-state index is 13.8. The van der Waals surface area contributed by atoms with Crippen molar-refractivity contribution in [3.63, 3.8) is 0 Å². The SMILES string of the molecule is O=C(C1CCN(c2nc3c(F)cccc3s2)CC1)N1CCOCC1. The molecule has 0 saturated carbocycles. The summed E-state index contributed by atoms with van der Waals surface area (Å²) in [5.74, 6) is 0.0751. The number of hydrogen-bond acceptors (Lipinski definition) is 5. The van der Waals surface area contributed by atoms with E-state index in [1.807, 2.05) is 11.0 Å². The maximum Gasteiger partial charge on any atom is 0.225 e. The van der Waals surface area contributed by atoms with E-state index >= 15 is 0 Å². The number of hydrogen-bond donors (Lipinski definition) is 0. The van der Waals surface area contributed by atoms with Crippen molar-refractivity contribution in [3.8, 4) is 0 Å². The molecule has 0 N–H and O–H groups in total. The fourth-order valence-corrected chi connectivity index (χ4v) is 4.43. The van der Waals surface area contributed by atoms with Gasteiger partial charge in [-0.3, -0.25) is 4.79 Å². The molecular weight excluding hydrogens is 329 g/mol. The van der Waals surface area contributed by atoms with Gasteiger partial charge in [-0.1, -0.05) is 17.4 Å². The van der Waals surface area contributed by atoms with Crippen molar-refractivity contribution in [1.29, 1.82) is 0 Å². The minimum atomic E-state index is -0.271. The van der Waals surface area contributed by atoms with Crippen molar-refractivity contribution in [2.24, 2.45) is 5.92 Å². The minimum absolute atomic E-state index is 0.0884. The van der Waals surface area contributed by atoms with E-state index in [2.05, 4.69) is 9.88 Å². The summed E-state index contributed by atoms with van der Waals surface area (Å²) in [6.45, 7) is 4.28. The van der Waals surface area contributed by atoms with Crippen LogP contribution in [0, 0.1) is 11.7 Å². The Hall–Kier alpha value is -1.73. The Bertz CT molecular complexity index is 737. The molecule has 2 aliphatic rings. The maximum atomic E-state index is 13.8. The topological polar surface area (TPSA) is 45.7 Å². The van der Waals surface area contributed by atoms with Gasteiger partial charge in [0.05, 0.1) is 17.9 Å².